The highest BCUT2D eigenvalue weighted by Crippen LogP contribution is 2.32. The third kappa shape index (κ3) is 3.71. The Bertz CT molecular complexity index is 612. The highest BCUT2D eigenvalue weighted by Gasteiger charge is 2.41. The van der Waals surface area contributed by atoms with Crippen molar-refractivity contribution < 1.29 is 9.59 Å². The third-order valence-corrected chi connectivity index (χ3v) is 5.04. The Morgan fingerprint density at radius 2 is 2.08 bits per heavy atom. The zero-order valence-corrected chi connectivity index (χ0v) is 14.6. The van der Waals surface area contributed by atoms with Gasteiger partial charge in [-0.2, -0.15) is 0 Å². The molecule has 1 aromatic carbocycles. The molecule has 1 aliphatic heterocycles. The number of likely N-dealkylation sites (tertiary alicyclic amines) is 1. The van der Waals surface area contributed by atoms with Crippen LogP contribution in [0.2, 0.25) is 0 Å². The van der Waals surface area contributed by atoms with Gasteiger partial charge in [-0.1, -0.05) is 18.2 Å². The Labute approximate surface area is 144 Å². The summed E-state index contributed by atoms with van der Waals surface area (Å²) in [6, 6.07) is 8.71. The van der Waals surface area contributed by atoms with Crippen LogP contribution in [0.25, 0.3) is 0 Å². The Morgan fingerprint density at radius 3 is 2.75 bits per heavy atom. The molecule has 130 valence electrons. The van der Waals surface area contributed by atoms with Crippen molar-refractivity contribution >= 4 is 17.5 Å². The van der Waals surface area contributed by atoms with Crippen LogP contribution in [0, 0.1) is 12.8 Å². The summed E-state index contributed by atoms with van der Waals surface area (Å²) in [6.45, 7) is 7.11. The molecule has 0 bridgehead atoms. The van der Waals surface area contributed by atoms with Gasteiger partial charge in [0, 0.05) is 44.3 Å². The number of nitrogens with one attached hydrogen (secondary N) is 1. The summed E-state index contributed by atoms with van der Waals surface area (Å²) >= 11 is 0. The first-order chi connectivity index (χ1) is 11.6. The number of hydrogen-bond acceptors (Lipinski definition) is 3. The minimum atomic E-state index is -0.174. The van der Waals surface area contributed by atoms with Crippen molar-refractivity contribution in [1.29, 1.82) is 0 Å². The Morgan fingerprint density at radius 1 is 1.33 bits per heavy atom. The van der Waals surface area contributed by atoms with Gasteiger partial charge in [0.05, 0.1) is 5.92 Å². The van der Waals surface area contributed by atoms with Gasteiger partial charge in [0.15, 0.2) is 0 Å². The van der Waals surface area contributed by atoms with E-state index in [1.165, 1.54) is 11.3 Å². The first-order valence-corrected chi connectivity index (χ1v) is 8.98. The van der Waals surface area contributed by atoms with E-state index in [1.54, 1.807) is 0 Å². The largest absolute Gasteiger partial charge is 0.370 e. The van der Waals surface area contributed by atoms with E-state index < -0.39 is 0 Å². The average Bonchev–Trinajstić information content (AvgIpc) is 3.34. The average molecular weight is 329 g/mol. The minimum absolute atomic E-state index is 0.0207. The highest BCUT2D eigenvalue weighted by molar-refractivity contribution is 5.89. The zero-order chi connectivity index (χ0) is 17.1. The molecule has 5 heteroatoms. The van der Waals surface area contributed by atoms with Crippen LogP contribution in [0.5, 0.6) is 0 Å². The molecule has 1 aromatic rings. The summed E-state index contributed by atoms with van der Waals surface area (Å²) in [5.74, 6) is -0.00767. The summed E-state index contributed by atoms with van der Waals surface area (Å²) < 4.78 is 0. The molecule has 1 aliphatic carbocycles. The van der Waals surface area contributed by atoms with Crippen molar-refractivity contribution in [2.45, 2.75) is 39.2 Å². The predicted octanol–water partition coefficient (Wildman–Crippen LogP) is 1.95. The lowest BCUT2D eigenvalue weighted by molar-refractivity contribution is -0.129. The van der Waals surface area contributed by atoms with Crippen LogP contribution in [0.15, 0.2) is 24.3 Å². The van der Waals surface area contributed by atoms with Crippen molar-refractivity contribution in [2.24, 2.45) is 5.92 Å². The molecule has 0 aromatic heterocycles. The third-order valence-electron chi connectivity index (χ3n) is 5.04. The van der Waals surface area contributed by atoms with Crippen molar-refractivity contribution in [2.75, 3.05) is 31.1 Å². The van der Waals surface area contributed by atoms with E-state index in [0.717, 1.165) is 25.9 Å². The second kappa shape index (κ2) is 7.24. The maximum absolute atomic E-state index is 12.3. The van der Waals surface area contributed by atoms with E-state index in [4.69, 9.17) is 0 Å². The molecular formula is C19H27N3O2. The molecule has 2 amide bonds. The summed E-state index contributed by atoms with van der Waals surface area (Å²) in [5, 5.41) is 3.02. The molecule has 1 saturated carbocycles. The normalized spacial score (nSPS) is 20.3. The smallest absolute Gasteiger partial charge is 0.225 e. The number of carbonyl (C=O) groups excluding carboxylic acids is 2. The summed E-state index contributed by atoms with van der Waals surface area (Å²) in [5.41, 5.74) is 2.46. The fraction of sp³-hybridized carbons (Fsp3) is 0.579. The van der Waals surface area contributed by atoms with Crippen molar-refractivity contribution in [3.63, 3.8) is 0 Å². The quantitative estimate of drug-likeness (QED) is 0.832. The lowest BCUT2D eigenvalue weighted by atomic mass is 10.1. The molecule has 0 spiro atoms. The monoisotopic (exact) mass is 329 g/mol. The second-order valence-electron chi connectivity index (χ2n) is 6.84. The molecule has 1 N–H and O–H groups in total. The fourth-order valence-electron chi connectivity index (χ4n) is 3.47. The summed E-state index contributed by atoms with van der Waals surface area (Å²) in [7, 11) is 0. The molecule has 24 heavy (non-hydrogen) atoms. The maximum atomic E-state index is 12.3. The van der Waals surface area contributed by atoms with Gasteiger partial charge in [-0.15, -0.1) is 0 Å². The molecule has 3 rings (SSSR count). The van der Waals surface area contributed by atoms with Gasteiger partial charge >= 0.3 is 0 Å². The number of aryl methyl sites for hydroxylation is 1. The lowest BCUT2D eigenvalue weighted by Crippen LogP contribution is -2.39. The van der Waals surface area contributed by atoms with E-state index in [-0.39, 0.29) is 17.7 Å². The van der Waals surface area contributed by atoms with E-state index in [2.05, 4.69) is 36.2 Å². The minimum Gasteiger partial charge on any atom is -0.370 e. The molecule has 1 heterocycles. The van der Waals surface area contributed by atoms with Crippen molar-refractivity contribution in [3.05, 3.63) is 29.8 Å². The SMILES string of the molecule is CCN(CCNC(=O)[C@H]1CC(=O)N(C2CC2)C1)c1ccccc1C. The number of anilines is 1. The first kappa shape index (κ1) is 16.8. The number of likely N-dealkylation sites (N-methyl/N-ethyl adjacent to an activating group) is 1. The van der Waals surface area contributed by atoms with Crippen LogP contribution >= 0.6 is 0 Å². The van der Waals surface area contributed by atoms with Crippen molar-refractivity contribution in [1.82, 2.24) is 10.2 Å². The lowest BCUT2D eigenvalue weighted by Gasteiger charge is -2.25. The van der Waals surface area contributed by atoms with Gasteiger partial charge in [-0.05, 0) is 38.3 Å². The van der Waals surface area contributed by atoms with E-state index >= 15 is 0 Å². The number of hydrogen-bond donors (Lipinski definition) is 1. The number of benzene rings is 1. The van der Waals surface area contributed by atoms with Crippen LogP contribution in [0.4, 0.5) is 5.69 Å². The van der Waals surface area contributed by atoms with Crippen molar-refractivity contribution in [3.8, 4) is 0 Å². The molecule has 2 fully saturated rings. The zero-order valence-electron chi connectivity index (χ0n) is 14.6. The molecule has 1 atom stereocenters. The van der Waals surface area contributed by atoms with E-state index in [0.29, 0.717) is 25.6 Å². The molecule has 0 radical (unpaired) electrons. The predicted molar refractivity (Wildman–Crippen MR) is 94.9 cm³/mol. The first-order valence-electron chi connectivity index (χ1n) is 8.98. The molecule has 2 aliphatic rings. The van der Waals surface area contributed by atoms with Gasteiger partial charge in [0.1, 0.15) is 0 Å². The maximum Gasteiger partial charge on any atom is 0.225 e. The number of para-hydroxylation sites is 1. The number of amides is 2. The topological polar surface area (TPSA) is 52.7 Å². The van der Waals surface area contributed by atoms with Gasteiger partial charge in [-0.3, -0.25) is 9.59 Å². The van der Waals surface area contributed by atoms with Gasteiger partial charge in [0.2, 0.25) is 11.8 Å². The molecule has 1 saturated heterocycles. The van der Waals surface area contributed by atoms with Crippen LogP contribution in [0.1, 0.15) is 31.7 Å². The molecule has 0 unspecified atom stereocenters. The fourth-order valence-corrected chi connectivity index (χ4v) is 3.47. The van der Waals surface area contributed by atoms with E-state index in [9.17, 15) is 9.59 Å². The van der Waals surface area contributed by atoms with Crippen LogP contribution in [-0.2, 0) is 9.59 Å². The molecule has 5 nitrogen and oxygen atoms in total. The standard InChI is InChI=1S/C19H27N3O2/c1-3-21(17-7-5-4-6-14(17)2)11-10-20-19(24)15-12-18(23)22(13-15)16-8-9-16/h4-7,15-16H,3,8-13H2,1-2H3,(H,20,24)/t15-/m0/s1. The summed E-state index contributed by atoms with van der Waals surface area (Å²) in [4.78, 5) is 28.5. The number of carbonyl (C=O) groups is 2. The Hall–Kier alpha value is -2.04. The Balaban J connectivity index is 1.48. The van der Waals surface area contributed by atoms with E-state index in [1.807, 2.05) is 17.0 Å². The second-order valence-corrected chi connectivity index (χ2v) is 6.84. The number of rotatable bonds is 7. The van der Waals surface area contributed by atoms with Crippen LogP contribution in [0.3, 0.4) is 0 Å². The van der Waals surface area contributed by atoms with Gasteiger partial charge in [-0.25, -0.2) is 0 Å². The molecular weight excluding hydrogens is 302 g/mol. The van der Waals surface area contributed by atoms with Gasteiger partial charge < -0.3 is 15.1 Å². The number of nitrogens with zero attached hydrogens (tertiary/aromatic N) is 2. The van der Waals surface area contributed by atoms with Crippen LogP contribution < -0.4 is 10.2 Å². The van der Waals surface area contributed by atoms with Gasteiger partial charge in [0.25, 0.3) is 0 Å². The Kier molecular flexibility index (Phi) is 5.07. The van der Waals surface area contributed by atoms with Crippen LogP contribution in [-0.4, -0.2) is 48.9 Å². The summed E-state index contributed by atoms with van der Waals surface area (Å²) in [6.07, 6.45) is 2.57. The highest BCUT2D eigenvalue weighted by atomic mass is 16.2.